The number of aromatic nitrogens is 3. The van der Waals surface area contributed by atoms with E-state index < -0.39 is 12.7 Å². The van der Waals surface area contributed by atoms with Crippen molar-refractivity contribution in [2.45, 2.75) is 38.4 Å². The molecule has 0 saturated heterocycles. The molecule has 0 spiro atoms. The fourth-order valence-electron chi connectivity index (χ4n) is 1.70. The van der Waals surface area contributed by atoms with Crippen molar-refractivity contribution in [2.24, 2.45) is 5.92 Å². The van der Waals surface area contributed by atoms with E-state index in [2.05, 4.69) is 10.3 Å². The van der Waals surface area contributed by atoms with Crippen LogP contribution in [0.2, 0.25) is 0 Å². The van der Waals surface area contributed by atoms with Crippen LogP contribution in [0.15, 0.2) is 0 Å². The molecule has 1 aromatic rings. The summed E-state index contributed by atoms with van der Waals surface area (Å²) in [5.74, 6) is 0.429. The second-order valence-corrected chi connectivity index (χ2v) is 4.24. The Hall–Kier alpha value is -1.58. The molecule has 0 aliphatic heterocycles. The van der Waals surface area contributed by atoms with Crippen molar-refractivity contribution in [1.29, 1.82) is 5.26 Å². The summed E-state index contributed by atoms with van der Waals surface area (Å²) in [6.07, 6.45) is -1.69. The highest BCUT2D eigenvalue weighted by molar-refractivity contribution is 5.16. The van der Waals surface area contributed by atoms with E-state index in [1.807, 2.05) is 6.07 Å². The average Bonchev–Trinajstić information content (AvgIpc) is 2.95. The lowest BCUT2D eigenvalue weighted by atomic mass is 10.1. The van der Waals surface area contributed by atoms with E-state index in [-0.39, 0.29) is 6.42 Å². The number of alkyl halides is 3. The van der Waals surface area contributed by atoms with Gasteiger partial charge in [-0.25, -0.2) is 4.68 Å². The Morgan fingerprint density at radius 3 is 2.65 bits per heavy atom. The first-order valence-electron chi connectivity index (χ1n) is 5.34. The third-order valence-corrected chi connectivity index (χ3v) is 2.67. The Morgan fingerprint density at radius 1 is 1.41 bits per heavy atom. The number of hydrogen-bond donors (Lipinski definition) is 0. The summed E-state index contributed by atoms with van der Waals surface area (Å²) in [6.45, 7) is -1.13. The van der Waals surface area contributed by atoms with E-state index in [0.29, 0.717) is 23.7 Å². The molecule has 4 nitrogen and oxygen atoms in total. The van der Waals surface area contributed by atoms with E-state index in [9.17, 15) is 13.2 Å². The predicted molar refractivity (Wildman–Crippen MR) is 51.8 cm³/mol. The highest BCUT2D eigenvalue weighted by Gasteiger charge is 2.32. The number of hydrogen-bond acceptors (Lipinski definition) is 3. The van der Waals surface area contributed by atoms with Crippen molar-refractivity contribution < 1.29 is 13.2 Å². The van der Waals surface area contributed by atoms with Crippen LogP contribution in [0, 0.1) is 17.2 Å². The predicted octanol–water partition coefficient (Wildman–Crippen LogP) is 1.86. The molecule has 1 aliphatic rings. The normalized spacial score (nSPS) is 15.9. The monoisotopic (exact) mass is 244 g/mol. The molecular weight excluding hydrogens is 233 g/mol. The van der Waals surface area contributed by atoms with Gasteiger partial charge in [-0.05, 0) is 25.2 Å². The van der Waals surface area contributed by atoms with Gasteiger partial charge in [-0.1, -0.05) is 5.21 Å². The molecule has 1 fully saturated rings. The minimum absolute atomic E-state index is 0.0138. The van der Waals surface area contributed by atoms with Gasteiger partial charge >= 0.3 is 6.18 Å². The standard InChI is InChI=1S/C10H11F3N4/c11-10(12,13)6-17-9(5-7-1-2-7)8(3-4-14)15-16-17/h7H,1-3,5-6H2. The van der Waals surface area contributed by atoms with Crippen molar-refractivity contribution in [2.75, 3.05) is 0 Å². The maximum absolute atomic E-state index is 12.3. The van der Waals surface area contributed by atoms with Crippen LogP contribution < -0.4 is 0 Å². The zero-order valence-corrected chi connectivity index (χ0v) is 9.04. The second kappa shape index (κ2) is 4.35. The molecule has 92 valence electrons. The van der Waals surface area contributed by atoms with Gasteiger partial charge in [0.1, 0.15) is 6.54 Å². The molecule has 0 bridgehead atoms. The fraction of sp³-hybridized carbons (Fsp3) is 0.700. The maximum Gasteiger partial charge on any atom is 0.408 e. The molecule has 0 atom stereocenters. The fourth-order valence-corrected chi connectivity index (χ4v) is 1.70. The van der Waals surface area contributed by atoms with Crippen LogP contribution in [0.4, 0.5) is 13.2 Å². The van der Waals surface area contributed by atoms with Gasteiger partial charge < -0.3 is 0 Å². The first-order chi connectivity index (χ1) is 7.99. The second-order valence-electron chi connectivity index (χ2n) is 4.24. The zero-order chi connectivity index (χ0) is 12.5. The number of nitrogens with zero attached hydrogens (tertiary/aromatic N) is 4. The van der Waals surface area contributed by atoms with Crippen LogP contribution in [0.5, 0.6) is 0 Å². The first-order valence-corrected chi connectivity index (χ1v) is 5.34. The molecule has 1 heterocycles. The van der Waals surface area contributed by atoms with Gasteiger partial charge in [0.05, 0.1) is 23.9 Å². The summed E-state index contributed by atoms with van der Waals surface area (Å²) in [5, 5.41) is 15.7. The van der Waals surface area contributed by atoms with Crippen molar-refractivity contribution in [1.82, 2.24) is 15.0 Å². The van der Waals surface area contributed by atoms with Gasteiger partial charge in [0.15, 0.2) is 0 Å². The molecule has 1 aliphatic carbocycles. The van der Waals surface area contributed by atoms with Crippen LogP contribution in [0.1, 0.15) is 24.2 Å². The maximum atomic E-state index is 12.3. The lowest BCUT2D eigenvalue weighted by Gasteiger charge is -2.09. The van der Waals surface area contributed by atoms with Crippen LogP contribution in [-0.4, -0.2) is 21.2 Å². The Bertz CT molecular complexity index is 439. The van der Waals surface area contributed by atoms with E-state index >= 15 is 0 Å². The molecule has 1 saturated carbocycles. The van der Waals surface area contributed by atoms with Crippen molar-refractivity contribution in [3.8, 4) is 6.07 Å². The van der Waals surface area contributed by atoms with Crippen LogP contribution in [-0.2, 0) is 19.4 Å². The van der Waals surface area contributed by atoms with E-state index in [0.717, 1.165) is 17.5 Å². The molecule has 2 rings (SSSR count). The van der Waals surface area contributed by atoms with Gasteiger partial charge in [-0.2, -0.15) is 18.4 Å². The highest BCUT2D eigenvalue weighted by Crippen LogP contribution is 2.33. The number of rotatable bonds is 4. The van der Waals surface area contributed by atoms with E-state index in [1.54, 1.807) is 0 Å². The SMILES string of the molecule is N#CCc1nnn(CC(F)(F)F)c1CC1CC1. The largest absolute Gasteiger partial charge is 0.408 e. The summed E-state index contributed by atoms with van der Waals surface area (Å²) < 4.78 is 37.8. The number of nitriles is 1. The van der Waals surface area contributed by atoms with Crippen LogP contribution in [0.25, 0.3) is 0 Å². The zero-order valence-electron chi connectivity index (χ0n) is 9.04. The molecule has 0 amide bonds. The third kappa shape index (κ3) is 3.19. The molecule has 0 unspecified atom stereocenters. The Balaban J connectivity index is 2.21. The van der Waals surface area contributed by atoms with Gasteiger partial charge in [0, 0.05) is 0 Å². The summed E-state index contributed by atoms with van der Waals surface area (Å²) in [5.41, 5.74) is 0.843. The van der Waals surface area contributed by atoms with Gasteiger partial charge in [-0.3, -0.25) is 0 Å². The molecule has 17 heavy (non-hydrogen) atoms. The first kappa shape index (κ1) is 11.9. The van der Waals surface area contributed by atoms with E-state index in [1.165, 1.54) is 0 Å². The molecule has 0 N–H and O–H groups in total. The Labute approximate surface area is 96.0 Å². The molecule has 0 aromatic carbocycles. The summed E-state index contributed by atoms with van der Waals surface area (Å²) >= 11 is 0. The highest BCUT2D eigenvalue weighted by atomic mass is 19.4. The smallest absolute Gasteiger partial charge is 0.240 e. The third-order valence-electron chi connectivity index (χ3n) is 2.67. The van der Waals surface area contributed by atoms with Crippen LogP contribution >= 0.6 is 0 Å². The Kier molecular flexibility index (Phi) is 3.05. The molecule has 7 heteroatoms. The summed E-state index contributed by atoms with van der Waals surface area (Å²) in [4.78, 5) is 0. The van der Waals surface area contributed by atoms with Crippen LogP contribution in [0.3, 0.4) is 0 Å². The average molecular weight is 244 g/mol. The summed E-state index contributed by atoms with van der Waals surface area (Å²) in [7, 11) is 0. The Morgan fingerprint density at radius 2 is 2.12 bits per heavy atom. The minimum Gasteiger partial charge on any atom is -0.240 e. The molecular formula is C10H11F3N4. The lowest BCUT2D eigenvalue weighted by Crippen LogP contribution is -2.21. The molecule has 1 aromatic heterocycles. The van der Waals surface area contributed by atoms with Gasteiger partial charge in [0.25, 0.3) is 0 Å². The number of halogens is 3. The molecule has 0 radical (unpaired) electrons. The quantitative estimate of drug-likeness (QED) is 0.812. The van der Waals surface area contributed by atoms with Gasteiger partial charge in [-0.15, -0.1) is 5.10 Å². The van der Waals surface area contributed by atoms with Crippen molar-refractivity contribution >= 4 is 0 Å². The summed E-state index contributed by atoms with van der Waals surface area (Å²) in [6, 6.07) is 1.90. The van der Waals surface area contributed by atoms with Crippen molar-refractivity contribution in [3.05, 3.63) is 11.4 Å². The topological polar surface area (TPSA) is 54.5 Å². The van der Waals surface area contributed by atoms with E-state index in [4.69, 9.17) is 5.26 Å². The lowest BCUT2D eigenvalue weighted by molar-refractivity contribution is -0.143. The minimum atomic E-state index is -4.31. The van der Waals surface area contributed by atoms with Crippen molar-refractivity contribution in [3.63, 3.8) is 0 Å². The van der Waals surface area contributed by atoms with Gasteiger partial charge in [0.2, 0.25) is 0 Å².